The molecule has 2 aromatic carbocycles. The van der Waals surface area contributed by atoms with Gasteiger partial charge in [-0.2, -0.15) is 0 Å². The predicted molar refractivity (Wildman–Crippen MR) is 79.1 cm³/mol. The second-order valence-electron chi connectivity index (χ2n) is 4.35. The largest absolute Gasteiger partial charge is 0.508 e. The average Bonchev–Trinajstić information content (AvgIpc) is 2.75. The van der Waals surface area contributed by atoms with E-state index in [4.69, 9.17) is 4.74 Å². The van der Waals surface area contributed by atoms with Gasteiger partial charge in [-0.1, -0.05) is 0 Å². The molecule has 1 heterocycles. The summed E-state index contributed by atoms with van der Waals surface area (Å²) in [6.45, 7) is 0.492. The molecule has 2 N–H and O–H groups in total. The molecule has 1 unspecified atom stereocenters. The molecule has 0 spiro atoms. The van der Waals surface area contributed by atoms with Gasteiger partial charge in [0, 0.05) is 20.9 Å². The SMILES string of the molecule is Oc1ccc2c(c1)OCC2Nc1ccc(F)cc1I. The first-order valence-electron chi connectivity index (χ1n) is 5.81. The normalized spacial score (nSPS) is 16.8. The molecule has 0 aliphatic carbocycles. The van der Waals surface area contributed by atoms with Crippen LogP contribution in [0, 0.1) is 9.39 Å². The summed E-state index contributed by atoms with van der Waals surface area (Å²) in [5.41, 5.74) is 1.87. The van der Waals surface area contributed by atoms with Gasteiger partial charge in [0.25, 0.3) is 0 Å². The van der Waals surface area contributed by atoms with Crippen LogP contribution < -0.4 is 10.1 Å². The number of aromatic hydroxyl groups is 1. The Morgan fingerprint density at radius 1 is 1.26 bits per heavy atom. The van der Waals surface area contributed by atoms with Gasteiger partial charge < -0.3 is 15.2 Å². The maximum Gasteiger partial charge on any atom is 0.128 e. The van der Waals surface area contributed by atoms with Crippen LogP contribution in [0.25, 0.3) is 0 Å². The van der Waals surface area contributed by atoms with E-state index in [1.165, 1.54) is 12.1 Å². The lowest BCUT2D eigenvalue weighted by Gasteiger charge is -2.14. The number of hydrogen-bond acceptors (Lipinski definition) is 3. The number of phenolic OH excluding ortho intramolecular Hbond substituents is 1. The van der Waals surface area contributed by atoms with E-state index in [9.17, 15) is 9.50 Å². The number of benzene rings is 2. The summed E-state index contributed by atoms with van der Waals surface area (Å²) >= 11 is 2.09. The van der Waals surface area contributed by atoms with E-state index >= 15 is 0 Å². The fraction of sp³-hybridized carbons (Fsp3) is 0.143. The highest BCUT2D eigenvalue weighted by Crippen LogP contribution is 2.37. The van der Waals surface area contributed by atoms with Crippen LogP contribution in [-0.2, 0) is 0 Å². The Hall–Kier alpha value is -1.50. The van der Waals surface area contributed by atoms with Crippen molar-refractivity contribution in [3.05, 3.63) is 51.3 Å². The summed E-state index contributed by atoms with van der Waals surface area (Å²) < 4.78 is 19.4. The topological polar surface area (TPSA) is 41.5 Å². The molecule has 0 saturated heterocycles. The minimum absolute atomic E-state index is 0.00887. The lowest BCUT2D eigenvalue weighted by molar-refractivity contribution is 0.338. The zero-order valence-corrected chi connectivity index (χ0v) is 12.0. The molecule has 0 radical (unpaired) electrons. The monoisotopic (exact) mass is 371 g/mol. The number of rotatable bonds is 2. The van der Waals surface area contributed by atoms with Crippen LogP contribution in [0.1, 0.15) is 11.6 Å². The first-order valence-corrected chi connectivity index (χ1v) is 6.88. The highest BCUT2D eigenvalue weighted by atomic mass is 127. The molecule has 5 heteroatoms. The Labute approximate surface area is 123 Å². The van der Waals surface area contributed by atoms with Crippen molar-refractivity contribution in [3.63, 3.8) is 0 Å². The van der Waals surface area contributed by atoms with E-state index in [2.05, 4.69) is 27.9 Å². The summed E-state index contributed by atoms with van der Waals surface area (Å²) in [7, 11) is 0. The third-order valence-electron chi connectivity index (χ3n) is 3.04. The number of phenols is 1. The van der Waals surface area contributed by atoms with Crippen molar-refractivity contribution in [2.24, 2.45) is 0 Å². The standard InChI is InChI=1S/C14H11FINO2/c15-8-1-4-12(11(16)5-8)17-13-7-19-14-6-9(18)2-3-10(13)14/h1-6,13,17-18H,7H2. The summed E-state index contributed by atoms with van der Waals surface area (Å²) in [6, 6.07) is 9.72. The average molecular weight is 371 g/mol. The first-order chi connectivity index (χ1) is 9.13. The highest BCUT2D eigenvalue weighted by Gasteiger charge is 2.24. The Balaban J connectivity index is 1.86. The number of fused-ring (bicyclic) bond motifs is 1. The molecular weight excluding hydrogens is 360 g/mol. The van der Waals surface area contributed by atoms with Gasteiger partial charge in [0.05, 0.1) is 6.04 Å². The summed E-state index contributed by atoms with van der Waals surface area (Å²) in [5, 5.41) is 12.7. The van der Waals surface area contributed by atoms with Crippen LogP contribution in [-0.4, -0.2) is 11.7 Å². The van der Waals surface area contributed by atoms with Gasteiger partial charge in [0.15, 0.2) is 0 Å². The second kappa shape index (κ2) is 4.88. The van der Waals surface area contributed by atoms with E-state index in [0.29, 0.717) is 12.4 Å². The van der Waals surface area contributed by atoms with Crippen LogP contribution in [0.3, 0.4) is 0 Å². The Morgan fingerprint density at radius 3 is 2.89 bits per heavy atom. The maximum atomic E-state index is 13.1. The molecule has 0 aromatic heterocycles. The number of hydrogen-bond donors (Lipinski definition) is 2. The fourth-order valence-electron chi connectivity index (χ4n) is 2.11. The molecule has 3 rings (SSSR count). The van der Waals surface area contributed by atoms with Crippen molar-refractivity contribution >= 4 is 28.3 Å². The zero-order valence-electron chi connectivity index (χ0n) is 9.86. The minimum atomic E-state index is -0.247. The van der Waals surface area contributed by atoms with Crippen molar-refractivity contribution in [1.29, 1.82) is 0 Å². The zero-order chi connectivity index (χ0) is 13.4. The van der Waals surface area contributed by atoms with Gasteiger partial charge >= 0.3 is 0 Å². The summed E-state index contributed by atoms with van der Waals surface area (Å²) in [4.78, 5) is 0. The third kappa shape index (κ3) is 2.47. The number of anilines is 1. The van der Waals surface area contributed by atoms with Gasteiger partial charge in [0.2, 0.25) is 0 Å². The van der Waals surface area contributed by atoms with E-state index in [0.717, 1.165) is 14.8 Å². The van der Waals surface area contributed by atoms with Crippen LogP contribution in [0.2, 0.25) is 0 Å². The van der Waals surface area contributed by atoms with Crippen LogP contribution in [0.5, 0.6) is 11.5 Å². The quantitative estimate of drug-likeness (QED) is 0.792. The molecule has 0 saturated carbocycles. The minimum Gasteiger partial charge on any atom is -0.508 e. The molecule has 0 bridgehead atoms. The van der Waals surface area contributed by atoms with Crippen molar-refractivity contribution in [3.8, 4) is 11.5 Å². The number of ether oxygens (including phenoxy) is 1. The number of halogens is 2. The third-order valence-corrected chi connectivity index (χ3v) is 3.93. The molecule has 1 atom stereocenters. The lowest BCUT2D eigenvalue weighted by Crippen LogP contribution is -2.12. The van der Waals surface area contributed by atoms with Crippen LogP contribution >= 0.6 is 22.6 Å². The highest BCUT2D eigenvalue weighted by molar-refractivity contribution is 14.1. The molecule has 0 fully saturated rings. The van der Waals surface area contributed by atoms with Crippen molar-refractivity contribution in [2.75, 3.05) is 11.9 Å². The Bertz CT molecular complexity index is 633. The van der Waals surface area contributed by atoms with Crippen molar-refractivity contribution in [1.82, 2.24) is 0 Å². The smallest absolute Gasteiger partial charge is 0.128 e. The van der Waals surface area contributed by atoms with E-state index in [-0.39, 0.29) is 17.6 Å². The Kier molecular flexibility index (Phi) is 3.22. The molecule has 2 aromatic rings. The lowest BCUT2D eigenvalue weighted by atomic mass is 10.1. The molecule has 0 amide bonds. The van der Waals surface area contributed by atoms with Gasteiger partial charge in [-0.15, -0.1) is 0 Å². The molecular formula is C14H11FINO2. The Morgan fingerprint density at radius 2 is 2.11 bits per heavy atom. The molecule has 3 nitrogen and oxygen atoms in total. The second-order valence-corrected chi connectivity index (χ2v) is 5.52. The van der Waals surface area contributed by atoms with E-state index in [1.807, 2.05) is 6.07 Å². The molecule has 1 aliphatic rings. The molecule has 98 valence electrons. The first kappa shape index (κ1) is 12.5. The van der Waals surface area contributed by atoms with Crippen LogP contribution in [0.4, 0.5) is 10.1 Å². The van der Waals surface area contributed by atoms with Gasteiger partial charge in [-0.05, 0) is 52.9 Å². The van der Waals surface area contributed by atoms with E-state index < -0.39 is 0 Å². The predicted octanol–water partition coefficient (Wildman–Crippen LogP) is 3.68. The summed E-state index contributed by atoms with van der Waals surface area (Å²) in [6.07, 6.45) is 0. The van der Waals surface area contributed by atoms with Gasteiger partial charge in [0.1, 0.15) is 23.9 Å². The number of nitrogens with one attached hydrogen (secondary N) is 1. The summed E-state index contributed by atoms with van der Waals surface area (Å²) in [5.74, 6) is 0.633. The molecule has 19 heavy (non-hydrogen) atoms. The van der Waals surface area contributed by atoms with Crippen molar-refractivity contribution in [2.45, 2.75) is 6.04 Å². The van der Waals surface area contributed by atoms with Gasteiger partial charge in [-0.3, -0.25) is 0 Å². The van der Waals surface area contributed by atoms with Crippen LogP contribution in [0.15, 0.2) is 36.4 Å². The molecule has 1 aliphatic heterocycles. The van der Waals surface area contributed by atoms with Crippen molar-refractivity contribution < 1.29 is 14.2 Å². The maximum absolute atomic E-state index is 13.1. The van der Waals surface area contributed by atoms with E-state index in [1.54, 1.807) is 18.2 Å². The van der Waals surface area contributed by atoms with Gasteiger partial charge in [-0.25, -0.2) is 4.39 Å². The fourth-order valence-corrected chi connectivity index (χ4v) is 2.75.